The van der Waals surface area contributed by atoms with Crippen LogP contribution in [0.25, 0.3) is 6.08 Å². The summed E-state index contributed by atoms with van der Waals surface area (Å²) in [5, 5.41) is 14.3. The normalized spacial score (nSPS) is 11.0. The zero-order valence-corrected chi connectivity index (χ0v) is 13.1. The quantitative estimate of drug-likeness (QED) is 0.340. The summed E-state index contributed by atoms with van der Waals surface area (Å²) < 4.78 is 0. The molecule has 118 valence electrons. The van der Waals surface area contributed by atoms with Crippen LogP contribution in [-0.2, 0) is 4.79 Å². The van der Waals surface area contributed by atoms with Gasteiger partial charge in [-0.3, -0.25) is 14.8 Å². The second-order valence-electron chi connectivity index (χ2n) is 4.66. The third kappa shape index (κ3) is 5.17. The van der Waals surface area contributed by atoms with Crippen LogP contribution in [-0.4, -0.2) is 23.2 Å². The van der Waals surface area contributed by atoms with Crippen LogP contribution < -0.4 is 10.9 Å². The molecule has 2 rings (SSSR count). The highest BCUT2D eigenvalue weighted by Gasteiger charge is 2.04. The Morgan fingerprint density at radius 2 is 2.13 bits per heavy atom. The second-order valence-corrected chi connectivity index (χ2v) is 5.60. The van der Waals surface area contributed by atoms with Crippen LogP contribution in [0.3, 0.4) is 0 Å². The van der Waals surface area contributed by atoms with E-state index in [1.165, 1.54) is 11.6 Å². The highest BCUT2D eigenvalue weighted by Crippen LogP contribution is 2.11. The highest BCUT2D eigenvalue weighted by molar-refractivity contribution is 7.11. The molecule has 0 aliphatic heterocycles. The standard InChI is InChI=1S/C16H15N3O3S/c1-11-7-14(23-10-11)9-17-18-16(21)13-4-2-3-12(8-13)5-6-15(20)19-22/h2-10,22H,1H3,(H,18,21)(H,19,20). The van der Waals surface area contributed by atoms with Gasteiger partial charge in [-0.1, -0.05) is 12.1 Å². The summed E-state index contributed by atoms with van der Waals surface area (Å²) >= 11 is 1.54. The molecular formula is C16H15N3O3S. The summed E-state index contributed by atoms with van der Waals surface area (Å²) in [6, 6.07) is 8.65. The Morgan fingerprint density at radius 3 is 2.83 bits per heavy atom. The van der Waals surface area contributed by atoms with Crippen LogP contribution >= 0.6 is 11.3 Å². The number of rotatable bonds is 5. The van der Waals surface area contributed by atoms with E-state index in [0.717, 1.165) is 16.5 Å². The number of aryl methyl sites for hydroxylation is 1. The molecule has 0 bridgehead atoms. The Kier molecular flexibility index (Phi) is 5.79. The average Bonchev–Trinajstić information content (AvgIpc) is 2.98. The summed E-state index contributed by atoms with van der Waals surface area (Å²) in [7, 11) is 0. The van der Waals surface area contributed by atoms with Gasteiger partial charge in [0.15, 0.2) is 0 Å². The molecule has 2 amide bonds. The van der Waals surface area contributed by atoms with Crippen LogP contribution in [0.5, 0.6) is 0 Å². The van der Waals surface area contributed by atoms with E-state index in [0.29, 0.717) is 11.1 Å². The summed E-state index contributed by atoms with van der Waals surface area (Å²) in [5.74, 6) is -0.993. The number of hydrazone groups is 1. The number of amides is 2. The average molecular weight is 329 g/mol. The van der Waals surface area contributed by atoms with Crippen molar-refractivity contribution in [3.8, 4) is 0 Å². The minimum atomic E-state index is -0.643. The zero-order chi connectivity index (χ0) is 16.7. The number of hydroxylamine groups is 1. The Morgan fingerprint density at radius 1 is 1.30 bits per heavy atom. The maximum Gasteiger partial charge on any atom is 0.271 e. The SMILES string of the molecule is Cc1csc(C=NNC(=O)c2cccc(C=CC(=O)NO)c2)c1. The lowest BCUT2D eigenvalue weighted by atomic mass is 10.1. The summed E-state index contributed by atoms with van der Waals surface area (Å²) in [5.41, 5.74) is 6.16. The molecule has 0 aliphatic carbocycles. The smallest absolute Gasteiger partial charge is 0.271 e. The van der Waals surface area contributed by atoms with E-state index in [9.17, 15) is 9.59 Å². The van der Waals surface area contributed by atoms with Gasteiger partial charge in [-0.15, -0.1) is 11.3 Å². The van der Waals surface area contributed by atoms with Gasteiger partial charge in [0.25, 0.3) is 11.8 Å². The number of hydrogen-bond donors (Lipinski definition) is 3. The maximum atomic E-state index is 12.0. The van der Waals surface area contributed by atoms with Gasteiger partial charge in [0, 0.05) is 16.5 Å². The van der Waals surface area contributed by atoms with Crippen LogP contribution in [0.2, 0.25) is 0 Å². The minimum Gasteiger partial charge on any atom is -0.288 e. The first-order valence-electron chi connectivity index (χ1n) is 6.69. The largest absolute Gasteiger partial charge is 0.288 e. The van der Waals surface area contributed by atoms with Crippen LogP contribution in [0.15, 0.2) is 46.9 Å². The van der Waals surface area contributed by atoms with Crippen molar-refractivity contribution in [1.82, 2.24) is 10.9 Å². The number of carbonyl (C=O) groups excluding carboxylic acids is 2. The minimum absolute atomic E-state index is 0.351. The third-order valence-electron chi connectivity index (χ3n) is 2.79. The van der Waals surface area contributed by atoms with Crippen molar-refractivity contribution < 1.29 is 14.8 Å². The van der Waals surface area contributed by atoms with E-state index >= 15 is 0 Å². The Labute approximate surface area is 137 Å². The van der Waals surface area contributed by atoms with Crippen molar-refractivity contribution in [3.63, 3.8) is 0 Å². The van der Waals surface area contributed by atoms with Gasteiger partial charge in [0.1, 0.15) is 0 Å². The molecule has 0 unspecified atom stereocenters. The van der Waals surface area contributed by atoms with Gasteiger partial charge < -0.3 is 0 Å². The van der Waals surface area contributed by atoms with E-state index < -0.39 is 5.91 Å². The molecule has 1 aromatic heterocycles. The zero-order valence-electron chi connectivity index (χ0n) is 12.3. The molecule has 0 saturated carbocycles. The predicted octanol–water partition coefficient (Wildman–Crippen LogP) is 2.34. The lowest BCUT2D eigenvalue weighted by Crippen LogP contribution is -2.17. The van der Waals surface area contributed by atoms with E-state index in [1.807, 2.05) is 18.4 Å². The van der Waals surface area contributed by atoms with Crippen LogP contribution in [0, 0.1) is 6.92 Å². The molecule has 23 heavy (non-hydrogen) atoms. The molecule has 0 aliphatic rings. The number of carbonyl (C=O) groups is 2. The second kappa shape index (κ2) is 8.02. The Bertz CT molecular complexity index is 765. The fourth-order valence-corrected chi connectivity index (χ4v) is 2.49. The predicted molar refractivity (Wildman–Crippen MR) is 89.5 cm³/mol. The topological polar surface area (TPSA) is 90.8 Å². The first-order valence-corrected chi connectivity index (χ1v) is 7.57. The number of nitrogens with one attached hydrogen (secondary N) is 2. The Balaban J connectivity index is 2.00. The lowest BCUT2D eigenvalue weighted by molar-refractivity contribution is -0.124. The van der Waals surface area contributed by atoms with Crippen LogP contribution in [0.4, 0.5) is 0 Å². The van der Waals surface area contributed by atoms with Gasteiger partial charge in [-0.05, 0) is 47.7 Å². The van der Waals surface area contributed by atoms with Gasteiger partial charge in [-0.25, -0.2) is 10.9 Å². The fourth-order valence-electron chi connectivity index (χ4n) is 1.73. The summed E-state index contributed by atoms with van der Waals surface area (Å²) in [6.45, 7) is 1.99. The molecule has 1 aromatic carbocycles. The molecule has 0 radical (unpaired) electrons. The first-order chi connectivity index (χ1) is 11.1. The number of hydrogen-bond acceptors (Lipinski definition) is 5. The van der Waals surface area contributed by atoms with E-state index in [1.54, 1.807) is 41.8 Å². The molecule has 0 atom stereocenters. The lowest BCUT2D eigenvalue weighted by Gasteiger charge is -2.01. The van der Waals surface area contributed by atoms with Crippen LogP contribution in [0.1, 0.15) is 26.4 Å². The van der Waals surface area contributed by atoms with E-state index in [-0.39, 0.29) is 5.91 Å². The maximum absolute atomic E-state index is 12.0. The number of nitrogens with zero attached hydrogens (tertiary/aromatic N) is 1. The molecule has 6 nitrogen and oxygen atoms in total. The molecule has 3 N–H and O–H groups in total. The third-order valence-corrected chi connectivity index (χ3v) is 3.78. The molecule has 1 heterocycles. The van der Waals surface area contributed by atoms with Gasteiger partial charge in [0.2, 0.25) is 0 Å². The molecule has 0 spiro atoms. The van der Waals surface area contributed by atoms with Crippen molar-refractivity contribution in [2.75, 3.05) is 0 Å². The highest BCUT2D eigenvalue weighted by atomic mass is 32.1. The molecule has 2 aromatic rings. The van der Waals surface area contributed by atoms with Crippen molar-refractivity contribution in [3.05, 3.63) is 63.4 Å². The summed E-state index contributed by atoms with van der Waals surface area (Å²) in [4.78, 5) is 23.9. The van der Waals surface area contributed by atoms with Crippen molar-refractivity contribution in [2.24, 2.45) is 5.10 Å². The van der Waals surface area contributed by atoms with Crippen molar-refractivity contribution >= 4 is 35.4 Å². The van der Waals surface area contributed by atoms with Crippen molar-refractivity contribution in [2.45, 2.75) is 6.92 Å². The van der Waals surface area contributed by atoms with Gasteiger partial charge in [0.05, 0.1) is 6.21 Å². The monoisotopic (exact) mass is 329 g/mol. The van der Waals surface area contributed by atoms with E-state index in [2.05, 4.69) is 10.5 Å². The van der Waals surface area contributed by atoms with Gasteiger partial charge in [-0.2, -0.15) is 5.10 Å². The number of benzene rings is 1. The Hall–Kier alpha value is -2.77. The molecule has 0 fully saturated rings. The van der Waals surface area contributed by atoms with Crippen molar-refractivity contribution in [1.29, 1.82) is 0 Å². The number of thiophene rings is 1. The van der Waals surface area contributed by atoms with E-state index in [4.69, 9.17) is 5.21 Å². The first kappa shape index (κ1) is 16.6. The molecular weight excluding hydrogens is 314 g/mol. The molecule has 0 saturated heterocycles. The van der Waals surface area contributed by atoms with Gasteiger partial charge >= 0.3 is 0 Å². The summed E-state index contributed by atoms with van der Waals surface area (Å²) in [6.07, 6.45) is 4.24. The molecule has 7 heteroatoms. The fraction of sp³-hybridized carbons (Fsp3) is 0.0625.